The Hall–Kier alpha value is -0.210. The van der Waals surface area contributed by atoms with E-state index in [0.29, 0.717) is 26.2 Å². The van der Waals surface area contributed by atoms with Gasteiger partial charge in [0.1, 0.15) is 0 Å². The molecule has 0 aliphatic carbocycles. The zero-order valence-electron chi connectivity index (χ0n) is 10.8. The van der Waals surface area contributed by atoms with Crippen LogP contribution in [0.5, 0.6) is 0 Å². The Morgan fingerprint density at radius 3 is 2.28 bits per heavy atom. The largest absolute Gasteiger partial charge is 0.396 e. The van der Waals surface area contributed by atoms with Gasteiger partial charge in [-0.1, -0.05) is 0 Å². The summed E-state index contributed by atoms with van der Waals surface area (Å²) >= 11 is 0. The minimum atomic E-state index is -3.33. The topological polar surface area (TPSA) is 70.1 Å². The average Bonchev–Trinajstić information content (AvgIpc) is 2.88. The number of ether oxygens (including phenoxy) is 1. The van der Waals surface area contributed by atoms with E-state index in [9.17, 15) is 8.42 Å². The van der Waals surface area contributed by atoms with Crippen LogP contribution in [-0.4, -0.2) is 68.1 Å². The summed E-state index contributed by atoms with van der Waals surface area (Å²) in [6, 6.07) is 0. The molecule has 2 fully saturated rings. The lowest BCUT2D eigenvalue weighted by Gasteiger charge is -2.33. The van der Waals surface area contributed by atoms with E-state index in [-0.39, 0.29) is 18.6 Å². The second-order valence-corrected chi connectivity index (χ2v) is 6.97. The van der Waals surface area contributed by atoms with Crippen molar-refractivity contribution in [3.63, 3.8) is 0 Å². The highest BCUT2D eigenvalue weighted by molar-refractivity contribution is 7.86. The third-order valence-corrected chi connectivity index (χ3v) is 5.93. The number of methoxy groups -OCH3 is 1. The van der Waals surface area contributed by atoms with Crippen molar-refractivity contribution in [2.45, 2.75) is 25.4 Å². The molecule has 2 aliphatic heterocycles. The summed E-state index contributed by atoms with van der Waals surface area (Å²) in [6.45, 7) is 2.19. The minimum absolute atomic E-state index is 0.0229. The molecule has 106 valence electrons. The van der Waals surface area contributed by atoms with Crippen LogP contribution < -0.4 is 0 Å². The van der Waals surface area contributed by atoms with Gasteiger partial charge in [0, 0.05) is 39.9 Å². The number of nitrogens with zero attached hydrogens (tertiary/aromatic N) is 2. The Bertz CT molecular complexity index is 365. The van der Waals surface area contributed by atoms with Gasteiger partial charge in [0.2, 0.25) is 0 Å². The van der Waals surface area contributed by atoms with Crippen LogP contribution in [0.1, 0.15) is 19.3 Å². The highest BCUT2D eigenvalue weighted by atomic mass is 32.2. The monoisotopic (exact) mass is 278 g/mol. The van der Waals surface area contributed by atoms with Gasteiger partial charge in [-0.05, 0) is 25.2 Å². The Labute approximate surface area is 109 Å². The molecule has 1 unspecified atom stereocenters. The molecule has 0 aromatic rings. The first-order valence-electron chi connectivity index (χ1n) is 6.46. The number of piperidine rings is 1. The van der Waals surface area contributed by atoms with Gasteiger partial charge in [0.05, 0.1) is 6.10 Å². The molecule has 2 saturated heterocycles. The molecule has 2 aliphatic rings. The zero-order chi connectivity index (χ0) is 13.2. The van der Waals surface area contributed by atoms with Crippen LogP contribution in [0.15, 0.2) is 0 Å². The van der Waals surface area contributed by atoms with Crippen LogP contribution in [0, 0.1) is 5.92 Å². The summed E-state index contributed by atoms with van der Waals surface area (Å²) in [6.07, 6.45) is 2.28. The van der Waals surface area contributed by atoms with E-state index >= 15 is 0 Å². The van der Waals surface area contributed by atoms with Crippen molar-refractivity contribution in [1.82, 2.24) is 8.61 Å². The molecule has 2 heterocycles. The van der Waals surface area contributed by atoms with E-state index < -0.39 is 10.2 Å². The first-order chi connectivity index (χ1) is 8.57. The van der Waals surface area contributed by atoms with Crippen LogP contribution in [0.4, 0.5) is 0 Å². The average molecular weight is 278 g/mol. The van der Waals surface area contributed by atoms with Crippen LogP contribution in [0.3, 0.4) is 0 Å². The van der Waals surface area contributed by atoms with E-state index in [4.69, 9.17) is 9.84 Å². The lowest BCUT2D eigenvalue weighted by molar-refractivity contribution is 0.114. The van der Waals surface area contributed by atoms with Gasteiger partial charge in [-0.3, -0.25) is 0 Å². The summed E-state index contributed by atoms with van der Waals surface area (Å²) < 4.78 is 33.0. The Kier molecular flexibility index (Phi) is 4.60. The molecule has 0 saturated carbocycles. The molecule has 7 heteroatoms. The fourth-order valence-corrected chi connectivity index (χ4v) is 4.28. The van der Waals surface area contributed by atoms with Gasteiger partial charge in [-0.25, -0.2) is 0 Å². The first-order valence-corrected chi connectivity index (χ1v) is 7.86. The van der Waals surface area contributed by atoms with Crippen molar-refractivity contribution < 1.29 is 18.3 Å². The summed E-state index contributed by atoms with van der Waals surface area (Å²) in [4.78, 5) is 0. The molecule has 0 aromatic carbocycles. The van der Waals surface area contributed by atoms with Crippen molar-refractivity contribution in [2.24, 2.45) is 5.92 Å². The van der Waals surface area contributed by atoms with E-state index in [1.54, 1.807) is 7.11 Å². The lowest BCUT2D eigenvalue weighted by atomic mass is 10.00. The quantitative estimate of drug-likeness (QED) is 0.763. The predicted molar refractivity (Wildman–Crippen MR) is 67.3 cm³/mol. The second-order valence-electron chi connectivity index (χ2n) is 5.04. The normalized spacial score (nSPS) is 28.9. The van der Waals surface area contributed by atoms with Crippen LogP contribution >= 0.6 is 0 Å². The lowest BCUT2D eigenvalue weighted by Crippen LogP contribution is -2.47. The van der Waals surface area contributed by atoms with Crippen molar-refractivity contribution >= 4 is 10.2 Å². The van der Waals surface area contributed by atoms with Crippen molar-refractivity contribution in [3.05, 3.63) is 0 Å². The zero-order valence-corrected chi connectivity index (χ0v) is 11.6. The number of rotatable bonds is 4. The Balaban J connectivity index is 1.95. The number of hydrogen-bond donors (Lipinski definition) is 1. The third kappa shape index (κ3) is 2.85. The maximum atomic E-state index is 12.4. The van der Waals surface area contributed by atoms with Gasteiger partial charge < -0.3 is 9.84 Å². The SMILES string of the molecule is COC1CCN(S(=O)(=O)N2CCC(CO)CC2)C1. The molecular weight excluding hydrogens is 256 g/mol. The maximum absolute atomic E-state index is 12.4. The smallest absolute Gasteiger partial charge is 0.282 e. The fourth-order valence-electron chi connectivity index (χ4n) is 2.59. The molecule has 0 bridgehead atoms. The molecule has 0 amide bonds. The van der Waals surface area contributed by atoms with Gasteiger partial charge in [0.15, 0.2) is 0 Å². The standard InChI is InChI=1S/C11H22N2O4S/c1-17-11-4-7-13(8-11)18(15,16)12-5-2-10(9-14)3-6-12/h10-11,14H,2-9H2,1H3. The van der Waals surface area contributed by atoms with Crippen LogP contribution in [-0.2, 0) is 14.9 Å². The summed E-state index contributed by atoms with van der Waals surface area (Å²) in [5, 5.41) is 9.06. The van der Waals surface area contributed by atoms with Gasteiger partial charge in [0.25, 0.3) is 10.2 Å². The second kappa shape index (κ2) is 5.83. The van der Waals surface area contributed by atoms with Crippen molar-refractivity contribution in [2.75, 3.05) is 39.9 Å². The molecule has 0 spiro atoms. The highest BCUT2D eigenvalue weighted by Gasteiger charge is 2.37. The first kappa shape index (κ1) is 14.2. The van der Waals surface area contributed by atoms with E-state index in [1.165, 1.54) is 8.61 Å². The molecule has 1 atom stereocenters. The fraction of sp³-hybridized carbons (Fsp3) is 1.00. The molecule has 0 radical (unpaired) electrons. The third-order valence-electron chi connectivity index (χ3n) is 3.93. The molecule has 2 rings (SSSR count). The molecular formula is C11H22N2O4S. The Morgan fingerprint density at radius 2 is 1.78 bits per heavy atom. The summed E-state index contributed by atoms with van der Waals surface area (Å²) in [5.41, 5.74) is 0. The molecule has 1 N–H and O–H groups in total. The number of aliphatic hydroxyl groups excluding tert-OH is 1. The van der Waals surface area contributed by atoms with Gasteiger partial charge >= 0.3 is 0 Å². The summed E-state index contributed by atoms with van der Waals surface area (Å²) in [7, 11) is -1.71. The Morgan fingerprint density at radius 1 is 1.17 bits per heavy atom. The summed E-state index contributed by atoms with van der Waals surface area (Å²) in [5.74, 6) is 0.252. The number of hydrogen-bond acceptors (Lipinski definition) is 4. The minimum Gasteiger partial charge on any atom is -0.396 e. The number of aliphatic hydroxyl groups is 1. The van der Waals surface area contributed by atoms with Crippen molar-refractivity contribution in [1.29, 1.82) is 0 Å². The maximum Gasteiger partial charge on any atom is 0.282 e. The van der Waals surface area contributed by atoms with Crippen molar-refractivity contribution in [3.8, 4) is 0 Å². The van der Waals surface area contributed by atoms with E-state index in [0.717, 1.165) is 19.3 Å². The van der Waals surface area contributed by atoms with E-state index in [2.05, 4.69) is 0 Å². The van der Waals surface area contributed by atoms with Gasteiger partial charge in [-0.15, -0.1) is 0 Å². The molecule has 6 nitrogen and oxygen atoms in total. The van der Waals surface area contributed by atoms with Gasteiger partial charge in [-0.2, -0.15) is 17.0 Å². The highest BCUT2D eigenvalue weighted by Crippen LogP contribution is 2.24. The van der Waals surface area contributed by atoms with Crippen LogP contribution in [0.25, 0.3) is 0 Å². The van der Waals surface area contributed by atoms with Crippen LogP contribution in [0.2, 0.25) is 0 Å². The van der Waals surface area contributed by atoms with E-state index in [1.807, 2.05) is 0 Å². The molecule has 18 heavy (non-hydrogen) atoms. The predicted octanol–water partition coefficient (Wildman–Crippen LogP) is -0.344. The molecule has 0 aromatic heterocycles.